The zero-order valence-corrected chi connectivity index (χ0v) is 13.4. The molecule has 0 spiro atoms. The summed E-state index contributed by atoms with van der Waals surface area (Å²) < 4.78 is 81.0. The van der Waals surface area contributed by atoms with E-state index in [1.165, 1.54) is 24.3 Å². The molecule has 2 aromatic rings. The minimum Gasteiger partial charge on any atom is -0.457 e. The van der Waals surface area contributed by atoms with Crippen LogP contribution < -0.4 is 10.1 Å². The molecule has 0 aliphatic carbocycles. The van der Waals surface area contributed by atoms with Gasteiger partial charge in [0.05, 0.1) is 6.42 Å². The standard InChI is InChI=1S/C17H13F6NO3/c18-16(19,20)15(26,17(21,22)23)10-14(25)24-11-6-8-13(9-7-11)27-12-4-2-1-3-5-12/h1-9,26H,10H2,(H,24,25). The SMILES string of the molecule is O=C(CC(O)(C(F)(F)F)C(F)(F)F)Nc1ccc(Oc2ccccc2)cc1. The van der Waals surface area contributed by atoms with Crippen molar-refractivity contribution in [2.45, 2.75) is 24.4 Å². The number of aliphatic hydroxyl groups is 1. The lowest BCUT2D eigenvalue weighted by molar-refractivity contribution is -0.366. The van der Waals surface area contributed by atoms with E-state index in [1.54, 1.807) is 30.3 Å². The number of alkyl halides is 6. The first kappa shape index (κ1) is 20.6. The van der Waals surface area contributed by atoms with Crippen LogP contribution in [0.4, 0.5) is 32.0 Å². The van der Waals surface area contributed by atoms with Crippen LogP contribution in [0.2, 0.25) is 0 Å². The summed E-state index contributed by atoms with van der Waals surface area (Å²) in [5.41, 5.74) is -5.20. The van der Waals surface area contributed by atoms with Crippen LogP contribution in [0.5, 0.6) is 11.5 Å². The minimum absolute atomic E-state index is 0.0629. The van der Waals surface area contributed by atoms with E-state index >= 15 is 0 Å². The van der Waals surface area contributed by atoms with Crippen LogP contribution >= 0.6 is 0 Å². The van der Waals surface area contributed by atoms with Crippen molar-refractivity contribution >= 4 is 11.6 Å². The topological polar surface area (TPSA) is 58.6 Å². The number of halogens is 6. The predicted molar refractivity (Wildman–Crippen MR) is 83.3 cm³/mol. The van der Waals surface area contributed by atoms with Gasteiger partial charge in [-0.05, 0) is 36.4 Å². The smallest absolute Gasteiger partial charge is 0.426 e. The zero-order valence-electron chi connectivity index (χ0n) is 13.4. The molecule has 0 saturated heterocycles. The van der Waals surface area contributed by atoms with Crippen LogP contribution in [0.1, 0.15) is 6.42 Å². The number of rotatable bonds is 5. The molecule has 0 aliphatic rings. The molecule has 27 heavy (non-hydrogen) atoms. The molecular formula is C17H13F6NO3. The summed E-state index contributed by atoms with van der Waals surface area (Å²) in [6, 6.07) is 13.8. The van der Waals surface area contributed by atoms with Crippen LogP contribution in [-0.2, 0) is 4.79 Å². The van der Waals surface area contributed by atoms with E-state index in [0.717, 1.165) is 0 Å². The second-order valence-corrected chi connectivity index (χ2v) is 5.52. The van der Waals surface area contributed by atoms with Crippen LogP contribution in [0, 0.1) is 0 Å². The fourth-order valence-electron chi connectivity index (χ4n) is 2.03. The van der Waals surface area contributed by atoms with Crippen molar-refractivity contribution in [2.75, 3.05) is 5.32 Å². The van der Waals surface area contributed by atoms with Crippen LogP contribution in [-0.4, -0.2) is 29.0 Å². The van der Waals surface area contributed by atoms with Gasteiger partial charge < -0.3 is 15.2 Å². The number of benzene rings is 2. The first-order valence-corrected chi connectivity index (χ1v) is 7.41. The Morgan fingerprint density at radius 1 is 0.852 bits per heavy atom. The molecule has 0 bridgehead atoms. The summed E-state index contributed by atoms with van der Waals surface area (Å²) in [4.78, 5) is 11.6. The Morgan fingerprint density at radius 2 is 1.33 bits per heavy atom. The Bertz CT molecular complexity index is 758. The number of carbonyl (C=O) groups excluding carboxylic acids is 1. The normalized spacial score (nSPS) is 12.6. The molecule has 4 nitrogen and oxygen atoms in total. The highest BCUT2D eigenvalue weighted by Crippen LogP contribution is 2.45. The van der Waals surface area contributed by atoms with E-state index in [2.05, 4.69) is 0 Å². The number of amides is 1. The van der Waals surface area contributed by atoms with Gasteiger partial charge in [-0.25, -0.2) is 0 Å². The molecule has 2 rings (SSSR count). The van der Waals surface area contributed by atoms with E-state index in [1.807, 2.05) is 5.32 Å². The lowest BCUT2D eigenvalue weighted by Gasteiger charge is -2.31. The fraction of sp³-hybridized carbons (Fsp3) is 0.235. The molecule has 0 radical (unpaired) electrons. The van der Waals surface area contributed by atoms with Crippen molar-refractivity contribution in [2.24, 2.45) is 0 Å². The summed E-state index contributed by atoms with van der Waals surface area (Å²) in [7, 11) is 0. The monoisotopic (exact) mass is 393 g/mol. The Balaban J connectivity index is 2.05. The molecule has 0 heterocycles. The molecule has 2 N–H and O–H groups in total. The molecule has 0 aromatic heterocycles. The number of carbonyl (C=O) groups is 1. The molecule has 146 valence electrons. The minimum atomic E-state index is -6.06. The maximum absolute atomic E-state index is 12.6. The summed E-state index contributed by atoms with van der Waals surface area (Å²) in [5.74, 6) is -0.806. The number of ether oxygens (including phenoxy) is 1. The fourth-order valence-corrected chi connectivity index (χ4v) is 2.03. The van der Waals surface area contributed by atoms with Crippen molar-refractivity contribution in [1.29, 1.82) is 0 Å². The molecule has 0 unspecified atom stereocenters. The zero-order chi connectivity index (χ0) is 20.3. The molecular weight excluding hydrogens is 380 g/mol. The lowest BCUT2D eigenvalue weighted by Crippen LogP contribution is -2.58. The van der Waals surface area contributed by atoms with Gasteiger partial charge in [-0.2, -0.15) is 26.3 Å². The highest BCUT2D eigenvalue weighted by atomic mass is 19.4. The van der Waals surface area contributed by atoms with Crippen molar-refractivity contribution in [3.05, 3.63) is 54.6 Å². The number of hydrogen-bond acceptors (Lipinski definition) is 3. The number of para-hydroxylation sites is 1. The van der Waals surface area contributed by atoms with E-state index in [9.17, 15) is 31.1 Å². The van der Waals surface area contributed by atoms with Crippen LogP contribution in [0.25, 0.3) is 0 Å². The van der Waals surface area contributed by atoms with E-state index < -0.39 is 30.3 Å². The van der Waals surface area contributed by atoms with Gasteiger partial charge in [0.25, 0.3) is 5.60 Å². The Hall–Kier alpha value is -2.75. The third kappa shape index (κ3) is 4.91. The quantitative estimate of drug-likeness (QED) is 0.727. The molecule has 0 aliphatic heterocycles. The highest BCUT2D eigenvalue weighted by Gasteiger charge is 2.71. The van der Waals surface area contributed by atoms with E-state index in [4.69, 9.17) is 9.84 Å². The Labute approximate surface area is 149 Å². The van der Waals surface area contributed by atoms with Crippen molar-refractivity contribution < 1.29 is 41.0 Å². The van der Waals surface area contributed by atoms with Gasteiger partial charge >= 0.3 is 12.4 Å². The van der Waals surface area contributed by atoms with Crippen molar-refractivity contribution in [1.82, 2.24) is 0 Å². The molecule has 0 fully saturated rings. The Morgan fingerprint density at radius 3 is 1.81 bits per heavy atom. The van der Waals surface area contributed by atoms with E-state index in [-0.39, 0.29) is 5.69 Å². The van der Waals surface area contributed by atoms with Gasteiger partial charge in [0, 0.05) is 5.69 Å². The first-order valence-electron chi connectivity index (χ1n) is 7.41. The summed E-state index contributed by atoms with van der Waals surface area (Å²) in [5, 5.41) is 10.9. The summed E-state index contributed by atoms with van der Waals surface area (Å²) in [6.07, 6.45) is -14.3. The largest absolute Gasteiger partial charge is 0.457 e. The average Bonchev–Trinajstić information content (AvgIpc) is 2.55. The maximum atomic E-state index is 12.6. The van der Waals surface area contributed by atoms with E-state index in [0.29, 0.717) is 11.5 Å². The Kier molecular flexibility index (Phi) is 5.69. The first-order chi connectivity index (χ1) is 12.4. The molecule has 1 amide bonds. The van der Waals surface area contributed by atoms with Crippen LogP contribution in [0.15, 0.2) is 54.6 Å². The number of anilines is 1. The van der Waals surface area contributed by atoms with Gasteiger partial charge in [0.2, 0.25) is 5.91 Å². The summed E-state index contributed by atoms with van der Waals surface area (Å²) >= 11 is 0. The molecule has 10 heteroatoms. The third-order valence-electron chi connectivity index (χ3n) is 3.47. The van der Waals surface area contributed by atoms with Gasteiger partial charge in [-0.3, -0.25) is 4.79 Å². The summed E-state index contributed by atoms with van der Waals surface area (Å²) in [6.45, 7) is 0. The molecule has 0 saturated carbocycles. The lowest BCUT2D eigenvalue weighted by atomic mass is 9.97. The third-order valence-corrected chi connectivity index (χ3v) is 3.47. The van der Waals surface area contributed by atoms with Crippen LogP contribution in [0.3, 0.4) is 0 Å². The predicted octanol–water partition coefficient (Wildman–Crippen LogP) is 4.66. The number of nitrogens with one attached hydrogen (secondary N) is 1. The molecule has 2 aromatic carbocycles. The maximum Gasteiger partial charge on any atom is 0.426 e. The van der Waals surface area contributed by atoms with Crippen molar-refractivity contribution in [3.8, 4) is 11.5 Å². The second-order valence-electron chi connectivity index (χ2n) is 5.52. The van der Waals surface area contributed by atoms with Gasteiger partial charge in [0.15, 0.2) is 0 Å². The van der Waals surface area contributed by atoms with Gasteiger partial charge in [-0.1, -0.05) is 18.2 Å². The second kappa shape index (κ2) is 7.47. The van der Waals surface area contributed by atoms with Gasteiger partial charge in [0.1, 0.15) is 11.5 Å². The van der Waals surface area contributed by atoms with Crippen molar-refractivity contribution in [3.63, 3.8) is 0 Å². The number of hydrogen-bond donors (Lipinski definition) is 2. The molecule has 0 atom stereocenters. The van der Waals surface area contributed by atoms with Gasteiger partial charge in [-0.15, -0.1) is 0 Å². The highest BCUT2D eigenvalue weighted by molar-refractivity contribution is 5.91. The average molecular weight is 393 g/mol.